The first-order valence-corrected chi connectivity index (χ1v) is 10.4. The third-order valence-corrected chi connectivity index (χ3v) is 5.80. The zero-order chi connectivity index (χ0) is 18.6. The Kier molecular flexibility index (Phi) is 5.74. The summed E-state index contributed by atoms with van der Waals surface area (Å²) in [4.78, 5) is 22.0. The predicted octanol–water partition coefficient (Wildman–Crippen LogP) is 4.05. The summed E-state index contributed by atoms with van der Waals surface area (Å²) in [5.41, 5.74) is 1.80. The van der Waals surface area contributed by atoms with Gasteiger partial charge in [0.1, 0.15) is 11.9 Å². The van der Waals surface area contributed by atoms with E-state index in [-0.39, 0.29) is 12.0 Å². The molecule has 0 spiro atoms. The topological polar surface area (TPSA) is 45.7 Å². The molecule has 3 heterocycles. The van der Waals surface area contributed by atoms with Crippen LogP contribution in [-0.2, 0) is 4.74 Å². The number of carbonyl (C=O) groups excluding carboxylic acids is 1. The maximum atomic E-state index is 13.3. The van der Waals surface area contributed by atoms with Gasteiger partial charge >= 0.3 is 0 Å². The largest absolute Gasteiger partial charge is 0.370 e. The van der Waals surface area contributed by atoms with Crippen LogP contribution in [0.1, 0.15) is 41.3 Å². The number of ether oxygens (including phenoxy) is 1. The Morgan fingerprint density at radius 2 is 1.85 bits per heavy atom. The first-order chi connectivity index (χ1) is 13.2. The molecule has 0 aliphatic carbocycles. The van der Waals surface area contributed by atoms with Gasteiger partial charge in [0.15, 0.2) is 0 Å². The van der Waals surface area contributed by atoms with Crippen molar-refractivity contribution < 1.29 is 9.53 Å². The van der Waals surface area contributed by atoms with Crippen molar-refractivity contribution in [2.45, 2.75) is 25.4 Å². The Bertz CT molecular complexity index is 790. The minimum Gasteiger partial charge on any atom is -0.370 e. The molecule has 1 atom stereocenters. The minimum atomic E-state index is -0.0918. The molecule has 4 rings (SSSR count). The highest BCUT2D eigenvalue weighted by atomic mass is 79.9. The van der Waals surface area contributed by atoms with Crippen LogP contribution in [0, 0.1) is 0 Å². The molecule has 1 unspecified atom stereocenters. The highest BCUT2D eigenvalue weighted by molar-refractivity contribution is 9.10. The highest BCUT2D eigenvalue weighted by Gasteiger charge is 2.29. The lowest BCUT2D eigenvalue weighted by Gasteiger charge is -2.35. The number of piperidine rings is 1. The Morgan fingerprint density at radius 1 is 1.07 bits per heavy atom. The zero-order valence-corrected chi connectivity index (χ0v) is 16.9. The van der Waals surface area contributed by atoms with Crippen molar-refractivity contribution >= 4 is 27.7 Å². The number of rotatable bonds is 3. The van der Waals surface area contributed by atoms with Gasteiger partial charge in [-0.1, -0.05) is 28.1 Å². The summed E-state index contributed by atoms with van der Waals surface area (Å²) in [6, 6.07) is 11.9. The number of amides is 1. The molecule has 6 heteroatoms. The molecule has 0 bridgehead atoms. The van der Waals surface area contributed by atoms with E-state index in [4.69, 9.17) is 4.74 Å². The van der Waals surface area contributed by atoms with Crippen LogP contribution in [0.5, 0.6) is 0 Å². The van der Waals surface area contributed by atoms with Gasteiger partial charge in [0.25, 0.3) is 5.91 Å². The van der Waals surface area contributed by atoms with Crippen LogP contribution in [0.15, 0.2) is 47.1 Å². The molecule has 0 saturated carbocycles. The van der Waals surface area contributed by atoms with Gasteiger partial charge in [-0.15, -0.1) is 0 Å². The van der Waals surface area contributed by atoms with E-state index in [1.54, 1.807) is 6.20 Å². The summed E-state index contributed by atoms with van der Waals surface area (Å²) in [7, 11) is 0. The number of pyridine rings is 1. The second kappa shape index (κ2) is 8.40. The third kappa shape index (κ3) is 4.17. The van der Waals surface area contributed by atoms with Gasteiger partial charge in [0.05, 0.1) is 18.7 Å². The third-order valence-electron chi connectivity index (χ3n) is 5.27. The maximum absolute atomic E-state index is 13.3. The second-order valence-electron chi connectivity index (χ2n) is 7.08. The lowest BCUT2D eigenvalue weighted by Crippen LogP contribution is -2.43. The minimum absolute atomic E-state index is 0.0501. The van der Waals surface area contributed by atoms with Crippen LogP contribution in [-0.4, -0.2) is 48.6 Å². The molecule has 2 fully saturated rings. The van der Waals surface area contributed by atoms with E-state index in [0.29, 0.717) is 25.3 Å². The SMILES string of the molecule is O=C(c1cccnc1N1CCCCC1)N1CCOC(c2ccc(Br)cc2)C1. The van der Waals surface area contributed by atoms with Crippen molar-refractivity contribution in [1.82, 2.24) is 9.88 Å². The van der Waals surface area contributed by atoms with Crippen LogP contribution in [0.4, 0.5) is 5.82 Å². The van der Waals surface area contributed by atoms with Gasteiger partial charge in [0, 0.05) is 30.3 Å². The Morgan fingerprint density at radius 3 is 2.63 bits per heavy atom. The van der Waals surface area contributed by atoms with Crippen LogP contribution >= 0.6 is 15.9 Å². The summed E-state index contributed by atoms with van der Waals surface area (Å²) in [5.74, 6) is 0.878. The average Bonchev–Trinajstić information content (AvgIpc) is 2.74. The maximum Gasteiger partial charge on any atom is 0.257 e. The van der Waals surface area contributed by atoms with E-state index >= 15 is 0 Å². The number of halogens is 1. The number of carbonyl (C=O) groups is 1. The molecule has 2 aliphatic rings. The number of hydrogen-bond donors (Lipinski definition) is 0. The van der Waals surface area contributed by atoms with Crippen molar-refractivity contribution in [2.75, 3.05) is 37.7 Å². The van der Waals surface area contributed by atoms with E-state index in [9.17, 15) is 4.79 Å². The fourth-order valence-corrected chi connectivity index (χ4v) is 4.07. The zero-order valence-electron chi connectivity index (χ0n) is 15.3. The molecule has 27 heavy (non-hydrogen) atoms. The van der Waals surface area contributed by atoms with Gasteiger partial charge in [-0.3, -0.25) is 4.79 Å². The number of hydrogen-bond acceptors (Lipinski definition) is 4. The summed E-state index contributed by atoms with van der Waals surface area (Å²) >= 11 is 3.46. The van der Waals surface area contributed by atoms with Gasteiger partial charge in [0.2, 0.25) is 0 Å². The van der Waals surface area contributed by atoms with Gasteiger partial charge in [-0.25, -0.2) is 4.98 Å². The van der Waals surface area contributed by atoms with Crippen molar-refractivity contribution in [2.24, 2.45) is 0 Å². The molecule has 1 amide bonds. The number of anilines is 1. The van der Waals surface area contributed by atoms with E-state index in [2.05, 4.69) is 25.8 Å². The predicted molar refractivity (Wildman–Crippen MR) is 109 cm³/mol. The molecule has 1 aromatic heterocycles. The van der Waals surface area contributed by atoms with Crippen molar-refractivity contribution in [3.63, 3.8) is 0 Å². The standard InChI is InChI=1S/C21H24BrN3O2/c22-17-8-6-16(7-9-17)19-15-25(13-14-27-19)21(26)18-5-4-10-23-20(18)24-11-2-1-3-12-24/h4-10,19H,1-3,11-15H2. The molecule has 1 aromatic carbocycles. The lowest BCUT2D eigenvalue weighted by molar-refractivity contribution is -0.0228. The van der Waals surface area contributed by atoms with Crippen molar-refractivity contribution in [3.05, 3.63) is 58.2 Å². The first kappa shape index (κ1) is 18.4. The quantitative estimate of drug-likeness (QED) is 0.737. The lowest BCUT2D eigenvalue weighted by atomic mass is 10.1. The number of morpholine rings is 1. The fourth-order valence-electron chi connectivity index (χ4n) is 3.80. The number of nitrogens with zero attached hydrogens (tertiary/aromatic N) is 3. The molecule has 142 valence electrons. The van der Waals surface area contributed by atoms with Crippen LogP contribution in [0.25, 0.3) is 0 Å². The molecule has 2 saturated heterocycles. The number of benzene rings is 1. The van der Waals surface area contributed by atoms with Gasteiger partial charge in [-0.05, 0) is 49.1 Å². The second-order valence-corrected chi connectivity index (χ2v) is 8.00. The van der Waals surface area contributed by atoms with Crippen molar-refractivity contribution in [1.29, 1.82) is 0 Å². The van der Waals surface area contributed by atoms with Crippen molar-refractivity contribution in [3.8, 4) is 0 Å². The molecular formula is C21H24BrN3O2. The molecular weight excluding hydrogens is 406 g/mol. The molecule has 2 aliphatic heterocycles. The Labute approximate surface area is 168 Å². The molecule has 5 nitrogen and oxygen atoms in total. The van der Waals surface area contributed by atoms with Gasteiger partial charge in [-0.2, -0.15) is 0 Å². The van der Waals surface area contributed by atoms with Crippen LogP contribution in [0.2, 0.25) is 0 Å². The normalized spacial score (nSPS) is 20.6. The van der Waals surface area contributed by atoms with Crippen LogP contribution in [0.3, 0.4) is 0 Å². The first-order valence-electron chi connectivity index (χ1n) is 9.59. The summed E-state index contributed by atoms with van der Waals surface area (Å²) in [6.45, 7) is 3.67. The van der Waals surface area contributed by atoms with E-state index < -0.39 is 0 Å². The van der Waals surface area contributed by atoms with E-state index in [0.717, 1.165) is 41.8 Å². The summed E-state index contributed by atoms with van der Waals surface area (Å²) < 4.78 is 6.97. The summed E-state index contributed by atoms with van der Waals surface area (Å²) in [6.07, 6.45) is 5.27. The van der Waals surface area contributed by atoms with E-state index in [1.165, 1.54) is 6.42 Å². The smallest absolute Gasteiger partial charge is 0.257 e. The van der Waals surface area contributed by atoms with Crippen LogP contribution < -0.4 is 4.90 Å². The average molecular weight is 430 g/mol. The molecule has 2 aromatic rings. The molecule has 0 radical (unpaired) electrons. The Balaban J connectivity index is 1.53. The monoisotopic (exact) mass is 429 g/mol. The Hall–Kier alpha value is -1.92. The highest BCUT2D eigenvalue weighted by Crippen LogP contribution is 2.27. The van der Waals surface area contributed by atoms with E-state index in [1.807, 2.05) is 41.3 Å². The summed E-state index contributed by atoms with van der Waals surface area (Å²) in [5, 5.41) is 0. The number of aromatic nitrogens is 1. The molecule has 0 N–H and O–H groups in total. The fraction of sp³-hybridized carbons (Fsp3) is 0.429. The van der Waals surface area contributed by atoms with Gasteiger partial charge < -0.3 is 14.5 Å².